The summed E-state index contributed by atoms with van der Waals surface area (Å²) in [4.78, 5) is 11.5. The molecule has 70 valence electrons. The first kappa shape index (κ1) is 8.55. The van der Waals surface area contributed by atoms with Crippen molar-refractivity contribution in [3.63, 3.8) is 0 Å². The molecular formula is C10H14N2O. The fourth-order valence-corrected chi connectivity index (χ4v) is 2.51. The van der Waals surface area contributed by atoms with E-state index in [9.17, 15) is 4.79 Å². The molecule has 3 unspecified atom stereocenters. The highest BCUT2D eigenvalue weighted by Gasteiger charge is 2.51. The van der Waals surface area contributed by atoms with Gasteiger partial charge in [-0.1, -0.05) is 0 Å². The van der Waals surface area contributed by atoms with Crippen molar-refractivity contribution >= 4 is 5.91 Å². The number of fused-ring (bicyclic) bond motifs is 1. The second-order valence-electron chi connectivity index (χ2n) is 4.82. The first-order valence-electron chi connectivity index (χ1n) is 4.75. The third kappa shape index (κ3) is 1.21. The molecule has 3 atom stereocenters. The highest BCUT2D eigenvalue weighted by molar-refractivity contribution is 5.82. The second kappa shape index (κ2) is 2.47. The number of nitriles is 1. The molecule has 3 heteroatoms. The monoisotopic (exact) mass is 178 g/mol. The van der Waals surface area contributed by atoms with Gasteiger partial charge in [0, 0.05) is 11.5 Å². The summed E-state index contributed by atoms with van der Waals surface area (Å²) < 4.78 is 0. The third-order valence-electron chi connectivity index (χ3n) is 3.25. The van der Waals surface area contributed by atoms with E-state index in [-0.39, 0.29) is 23.3 Å². The van der Waals surface area contributed by atoms with Gasteiger partial charge in [-0.15, -0.1) is 0 Å². The lowest BCUT2D eigenvalue weighted by molar-refractivity contribution is -0.140. The molecular weight excluding hydrogens is 164 g/mol. The van der Waals surface area contributed by atoms with Gasteiger partial charge in [-0.3, -0.25) is 4.79 Å². The summed E-state index contributed by atoms with van der Waals surface area (Å²) in [6, 6.07) is 2.28. The summed E-state index contributed by atoms with van der Waals surface area (Å²) in [6.07, 6.45) is 1.71. The van der Waals surface area contributed by atoms with E-state index in [4.69, 9.17) is 5.26 Å². The fourth-order valence-electron chi connectivity index (χ4n) is 2.51. The first-order chi connectivity index (χ1) is 6.03. The van der Waals surface area contributed by atoms with E-state index in [1.165, 1.54) is 0 Å². The largest absolute Gasteiger partial charge is 0.351 e. The number of hydrogen-bond donors (Lipinski definition) is 1. The molecule has 3 nitrogen and oxygen atoms in total. The quantitative estimate of drug-likeness (QED) is 0.603. The molecule has 2 fully saturated rings. The Labute approximate surface area is 78.1 Å². The molecule has 0 aromatic carbocycles. The van der Waals surface area contributed by atoms with Crippen LogP contribution in [0.2, 0.25) is 0 Å². The maximum absolute atomic E-state index is 11.5. The normalized spacial score (nSPS) is 41.0. The molecule has 1 saturated heterocycles. The lowest BCUT2D eigenvalue weighted by Crippen LogP contribution is -2.60. The van der Waals surface area contributed by atoms with Gasteiger partial charge in [0.2, 0.25) is 5.91 Å². The Hall–Kier alpha value is -1.04. The van der Waals surface area contributed by atoms with E-state index in [1.54, 1.807) is 0 Å². The average molecular weight is 178 g/mol. The van der Waals surface area contributed by atoms with Crippen molar-refractivity contribution in [2.75, 3.05) is 0 Å². The van der Waals surface area contributed by atoms with Crippen molar-refractivity contribution in [2.24, 2.45) is 17.8 Å². The van der Waals surface area contributed by atoms with Gasteiger partial charge in [-0.05, 0) is 32.6 Å². The molecule has 2 aliphatic rings. The Morgan fingerprint density at radius 2 is 2.31 bits per heavy atom. The highest BCUT2D eigenvalue weighted by Crippen LogP contribution is 2.47. The van der Waals surface area contributed by atoms with Crippen molar-refractivity contribution in [1.29, 1.82) is 5.26 Å². The summed E-state index contributed by atoms with van der Waals surface area (Å²) in [5.74, 6) is 0.703. The number of piperidine rings is 1. The van der Waals surface area contributed by atoms with Crippen molar-refractivity contribution in [2.45, 2.75) is 32.2 Å². The summed E-state index contributed by atoms with van der Waals surface area (Å²) in [5, 5.41) is 11.8. The fraction of sp³-hybridized carbons (Fsp3) is 0.800. The Morgan fingerprint density at radius 3 is 2.92 bits per heavy atom. The zero-order chi connectivity index (χ0) is 9.64. The maximum atomic E-state index is 11.5. The van der Waals surface area contributed by atoms with E-state index in [0.717, 1.165) is 12.8 Å². The van der Waals surface area contributed by atoms with E-state index >= 15 is 0 Å². The number of carbonyl (C=O) groups excluding carboxylic acids is 1. The topological polar surface area (TPSA) is 52.9 Å². The molecule has 0 aromatic heterocycles. The predicted molar refractivity (Wildman–Crippen MR) is 47.5 cm³/mol. The summed E-state index contributed by atoms with van der Waals surface area (Å²) in [7, 11) is 0. The minimum atomic E-state index is -0.117. The van der Waals surface area contributed by atoms with Gasteiger partial charge in [0.25, 0.3) is 0 Å². The van der Waals surface area contributed by atoms with Crippen molar-refractivity contribution in [3.05, 3.63) is 0 Å². The molecule has 0 bridgehead atoms. The molecule has 1 heterocycles. The smallest absolute Gasteiger partial charge is 0.223 e. The van der Waals surface area contributed by atoms with Gasteiger partial charge in [0.15, 0.2) is 0 Å². The van der Waals surface area contributed by atoms with Crippen molar-refractivity contribution in [3.8, 4) is 6.07 Å². The Balaban J connectivity index is 2.14. The van der Waals surface area contributed by atoms with Gasteiger partial charge in [-0.25, -0.2) is 0 Å². The zero-order valence-electron chi connectivity index (χ0n) is 8.00. The van der Waals surface area contributed by atoms with Gasteiger partial charge in [-0.2, -0.15) is 5.26 Å². The average Bonchev–Trinajstić information content (AvgIpc) is 1.96. The standard InChI is InChI=1S/C10H14N2O/c1-10(2)4-8-6(5-11)3-7(8)9(13)12-10/h6-8H,3-4H2,1-2H3,(H,12,13). The van der Waals surface area contributed by atoms with Gasteiger partial charge in [0.05, 0.1) is 12.0 Å². The van der Waals surface area contributed by atoms with Crippen LogP contribution >= 0.6 is 0 Å². The highest BCUT2D eigenvalue weighted by atomic mass is 16.2. The molecule has 2 rings (SSSR count). The zero-order valence-corrected chi connectivity index (χ0v) is 8.00. The number of carbonyl (C=O) groups is 1. The minimum Gasteiger partial charge on any atom is -0.351 e. The van der Waals surface area contributed by atoms with E-state index in [0.29, 0.717) is 5.92 Å². The van der Waals surface area contributed by atoms with Crippen LogP contribution < -0.4 is 5.32 Å². The predicted octanol–water partition coefficient (Wildman–Crippen LogP) is 1.06. The van der Waals surface area contributed by atoms with Gasteiger partial charge in [0.1, 0.15) is 0 Å². The minimum absolute atomic E-state index is 0.117. The van der Waals surface area contributed by atoms with E-state index in [1.807, 2.05) is 13.8 Å². The molecule has 1 aliphatic heterocycles. The van der Waals surface area contributed by atoms with Gasteiger partial charge < -0.3 is 5.32 Å². The van der Waals surface area contributed by atoms with Crippen LogP contribution in [0.3, 0.4) is 0 Å². The Kier molecular flexibility index (Phi) is 1.63. The van der Waals surface area contributed by atoms with Crippen LogP contribution in [0.5, 0.6) is 0 Å². The van der Waals surface area contributed by atoms with Crippen LogP contribution in [0.25, 0.3) is 0 Å². The third-order valence-corrected chi connectivity index (χ3v) is 3.25. The number of rotatable bonds is 0. The van der Waals surface area contributed by atoms with E-state index < -0.39 is 0 Å². The molecule has 1 saturated carbocycles. The lowest BCUT2D eigenvalue weighted by Gasteiger charge is -2.49. The van der Waals surface area contributed by atoms with E-state index in [2.05, 4.69) is 11.4 Å². The summed E-state index contributed by atoms with van der Waals surface area (Å²) >= 11 is 0. The number of hydrogen-bond acceptors (Lipinski definition) is 2. The van der Waals surface area contributed by atoms with Crippen LogP contribution in [0.4, 0.5) is 0 Å². The van der Waals surface area contributed by atoms with Crippen molar-refractivity contribution in [1.82, 2.24) is 5.32 Å². The Bertz CT molecular complexity index is 290. The first-order valence-corrected chi connectivity index (χ1v) is 4.75. The molecule has 13 heavy (non-hydrogen) atoms. The molecule has 0 radical (unpaired) electrons. The SMILES string of the molecule is CC1(C)CC2C(C#N)CC2C(=O)N1. The molecule has 1 aliphatic carbocycles. The Morgan fingerprint density at radius 1 is 1.62 bits per heavy atom. The van der Waals surface area contributed by atoms with Crippen LogP contribution in [0.15, 0.2) is 0 Å². The van der Waals surface area contributed by atoms with Crippen molar-refractivity contribution < 1.29 is 4.79 Å². The molecule has 0 spiro atoms. The van der Waals surface area contributed by atoms with Gasteiger partial charge >= 0.3 is 0 Å². The lowest BCUT2D eigenvalue weighted by atomic mass is 9.59. The van der Waals surface area contributed by atoms with Crippen LogP contribution in [-0.2, 0) is 4.79 Å². The summed E-state index contributed by atoms with van der Waals surface area (Å²) in [6.45, 7) is 4.04. The molecule has 0 aromatic rings. The maximum Gasteiger partial charge on any atom is 0.223 e. The van der Waals surface area contributed by atoms with Crippen LogP contribution in [-0.4, -0.2) is 11.4 Å². The number of amides is 1. The number of nitrogens with one attached hydrogen (secondary N) is 1. The molecule has 1 N–H and O–H groups in total. The summed E-state index contributed by atoms with van der Waals surface area (Å²) in [5.41, 5.74) is -0.117. The molecule has 1 amide bonds. The second-order valence-corrected chi connectivity index (χ2v) is 4.82. The number of nitrogens with zero attached hydrogens (tertiary/aromatic N) is 1. The van der Waals surface area contributed by atoms with Crippen LogP contribution in [0.1, 0.15) is 26.7 Å². The van der Waals surface area contributed by atoms with Crippen LogP contribution in [0, 0.1) is 29.1 Å².